The smallest absolute Gasteiger partial charge is 0.167 e. The molecule has 1 nitrogen and oxygen atoms in total. The third-order valence-electron chi connectivity index (χ3n) is 3.63. The van der Waals surface area contributed by atoms with Gasteiger partial charge in [-0.2, -0.15) is 0 Å². The highest BCUT2D eigenvalue weighted by Crippen LogP contribution is 2.33. The van der Waals surface area contributed by atoms with Crippen molar-refractivity contribution in [2.75, 3.05) is 5.33 Å². The minimum atomic E-state index is 0.204. The maximum Gasteiger partial charge on any atom is 0.167 e. The Bertz CT molecular complexity index is 685. The van der Waals surface area contributed by atoms with Crippen LogP contribution in [0.15, 0.2) is 54.6 Å². The Morgan fingerprint density at radius 1 is 0.950 bits per heavy atom. The molecule has 20 heavy (non-hydrogen) atoms. The number of halogens is 1. The Kier molecular flexibility index (Phi) is 3.83. The van der Waals surface area contributed by atoms with Gasteiger partial charge in [0.1, 0.15) is 0 Å². The molecule has 0 spiro atoms. The highest BCUT2D eigenvalue weighted by atomic mass is 79.9. The van der Waals surface area contributed by atoms with E-state index in [9.17, 15) is 4.79 Å². The summed E-state index contributed by atoms with van der Waals surface area (Å²) in [7, 11) is 0. The number of hydrogen-bond donors (Lipinski definition) is 0. The first-order valence-corrected chi connectivity index (χ1v) is 7.90. The number of carbonyl (C=O) groups excluding carboxylic acids is 1. The summed E-state index contributed by atoms with van der Waals surface area (Å²) in [5.74, 6) is 0.204. The highest BCUT2D eigenvalue weighted by molar-refractivity contribution is 9.09. The van der Waals surface area contributed by atoms with E-state index in [0.29, 0.717) is 6.42 Å². The van der Waals surface area contributed by atoms with Crippen LogP contribution < -0.4 is 0 Å². The van der Waals surface area contributed by atoms with Crippen molar-refractivity contribution in [3.8, 4) is 0 Å². The van der Waals surface area contributed by atoms with Gasteiger partial charge < -0.3 is 0 Å². The summed E-state index contributed by atoms with van der Waals surface area (Å²) in [6.45, 7) is 0. The zero-order chi connectivity index (χ0) is 13.9. The molecule has 0 saturated carbocycles. The first-order valence-electron chi connectivity index (χ1n) is 6.78. The largest absolute Gasteiger partial charge is 0.294 e. The molecule has 0 amide bonds. The molecule has 3 rings (SSSR count). The van der Waals surface area contributed by atoms with Gasteiger partial charge in [0, 0.05) is 17.3 Å². The summed E-state index contributed by atoms with van der Waals surface area (Å²) in [6, 6.07) is 16.1. The lowest BCUT2D eigenvalue weighted by atomic mass is 9.93. The molecule has 0 atom stereocenters. The topological polar surface area (TPSA) is 17.1 Å². The van der Waals surface area contributed by atoms with Crippen LogP contribution in [0.4, 0.5) is 0 Å². The van der Waals surface area contributed by atoms with Gasteiger partial charge in [-0.1, -0.05) is 70.5 Å². The number of allylic oxidation sites excluding steroid dienone is 1. The van der Waals surface area contributed by atoms with Crippen LogP contribution in [0.25, 0.3) is 5.57 Å². The molecule has 2 aromatic rings. The van der Waals surface area contributed by atoms with E-state index in [1.54, 1.807) is 0 Å². The van der Waals surface area contributed by atoms with Crippen LogP contribution in [-0.4, -0.2) is 11.1 Å². The van der Waals surface area contributed by atoms with Gasteiger partial charge in [0.15, 0.2) is 5.78 Å². The molecule has 100 valence electrons. The van der Waals surface area contributed by atoms with Crippen LogP contribution in [0.3, 0.4) is 0 Å². The second kappa shape index (κ2) is 5.76. The lowest BCUT2D eigenvalue weighted by Crippen LogP contribution is -2.03. The van der Waals surface area contributed by atoms with Gasteiger partial charge in [0.2, 0.25) is 0 Å². The van der Waals surface area contributed by atoms with E-state index in [1.165, 1.54) is 11.1 Å². The zero-order valence-electron chi connectivity index (χ0n) is 11.1. The average molecular weight is 327 g/mol. The minimum absolute atomic E-state index is 0.204. The molecule has 0 heterocycles. The third-order valence-corrected chi connectivity index (χ3v) is 4.09. The highest BCUT2D eigenvalue weighted by Gasteiger charge is 2.22. The van der Waals surface area contributed by atoms with Gasteiger partial charge >= 0.3 is 0 Å². The Hall–Kier alpha value is -1.67. The van der Waals surface area contributed by atoms with Gasteiger partial charge in [-0.3, -0.25) is 4.79 Å². The van der Waals surface area contributed by atoms with E-state index in [2.05, 4.69) is 40.2 Å². The van der Waals surface area contributed by atoms with Crippen molar-refractivity contribution in [2.24, 2.45) is 0 Å². The second-order valence-corrected chi connectivity index (χ2v) is 5.69. The summed E-state index contributed by atoms with van der Waals surface area (Å²) in [4.78, 5) is 12.5. The van der Waals surface area contributed by atoms with Crippen LogP contribution in [0.2, 0.25) is 0 Å². The molecular formula is C18H15BrO. The van der Waals surface area contributed by atoms with E-state index < -0.39 is 0 Å². The van der Waals surface area contributed by atoms with Crippen molar-refractivity contribution in [2.45, 2.75) is 12.8 Å². The van der Waals surface area contributed by atoms with Gasteiger partial charge in [-0.05, 0) is 28.7 Å². The normalized spacial score (nSPS) is 15.7. The van der Waals surface area contributed by atoms with E-state index in [1.807, 2.05) is 30.3 Å². The van der Waals surface area contributed by atoms with E-state index in [0.717, 1.165) is 28.4 Å². The van der Waals surface area contributed by atoms with Crippen LogP contribution in [-0.2, 0) is 6.42 Å². The fourth-order valence-electron chi connectivity index (χ4n) is 2.73. The van der Waals surface area contributed by atoms with Crippen LogP contribution >= 0.6 is 15.9 Å². The molecular weight excluding hydrogens is 312 g/mol. The Balaban J connectivity index is 2.26. The van der Waals surface area contributed by atoms with Crippen molar-refractivity contribution < 1.29 is 4.79 Å². The van der Waals surface area contributed by atoms with Crippen LogP contribution in [0.1, 0.15) is 33.5 Å². The summed E-state index contributed by atoms with van der Waals surface area (Å²) in [5.41, 5.74) is 5.38. The van der Waals surface area contributed by atoms with Gasteiger partial charge in [-0.15, -0.1) is 0 Å². The lowest BCUT2D eigenvalue weighted by Gasteiger charge is -2.11. The van der Waals surface area contributed by atoms with Gasteiger partial charge in [-0.25, -0.2) is 0 Å². The molecule has 0 fully saturated rings. The van der Waals surface area contributed by atoms with E-state index >= 15 is 0 Å². The molecule has 0 unspecified atom stereocenters. The summed E-state index contributed by atoms with van der Waals surface area (Å²) < 4.78 is 0. The summed E-state index contributed by atoms with van der Waals surface area (Å²) >= 11 is 3.48. The molecule has 0 aliphatic heterocycles. The van der Waals surface area contributed by atoms with Crippen molar-refractivity contribution >= 4 is 27.3 Å². The fraction of sp³-hybridized carbons (Fsp3) is 0.167. The molecule has 2 aromatic carbocycles. The zero-order valence-corrected chi connectivity index (χ0v) is 12.7. The predicted molar refractivity (Wildman–Crippen MR) is 86.4 cm³/mol. The summed E-state index contributed by atoms with van der Waals surface area (Å²) in [6.07, 6.45) is 3.66. The van der Waals surface area contributed by atoms with Crippen molar-refractivity contribution in [1.29, 1.82) is 0 Å². The maximum atomic E-state index is 12.5. The standard InChI is InChI=1S/C18H15BrO/c19-11-5-10-15-14-7-2-1-6-13(14)12-18(20)17-9-4-3-8-16(15)17/h1-4,6-10H,5,11-12H2/b15-10+. The molecule has 0 radical (unpaired) electrons. The van der Waals surface area contributed by atoms with E-state index in [4.69, 9.17) is 0 Å². The van der Waals surface area contributed by atoms with Gasteiger partial charge in [0.05, 0.1) is 0 Å². The van der Waals surface area contributed by atoms with Crippen LogP contribution in [0, 0.1) is 0 Å². The fourth-order valence-corrected chi connectivity index (χ4v) is 2.96. The van der Waals surface area contributed by atoms with E-state index in [-0.39, 0.29) is 5.78 Å². The quantitative estimate of drug-likeness (QED) is 0.734. The molecule has 0 bridgehead atoms. The monoisotopic (exact) mass is 326 g/mol. The predicted octanol–water partition coefficient (Wildman–Crippen LogP) is 4.64. The summed E-state index contributed by atoms with van der Waals surface area (Å²) in [5, 5.41) is 0.925. The van der Waals surface area contributed by atoms with Crippen molar-refractivity contribution in [3.63, 3.8) is 0 Å². The van der Waals surface area contributed by atoms with Crippen molar-refractivity contribution in [3.05, 3.63) is 76.9 Å². The number of ketones is 1. The second-order valence-electron chi connectivity index (χ2n) is 4.90. The Morgan fingerprint density at radius 2 is 1.60 bits per heavy atom. The first-order chi connectivity index (χ1) is 9.81. The average Bonchev–Trinajstić information content (AvgIpc) is 2.60. The van der Waals surface area contributed by atoms with Gasteiger partial charge in [0.25, 0.3) is 0 Å². The third kappa shape index (κ3) is 2.36. The number of benzene rings is 2. The number of Topliss-reactive ketones (excluding diaryl/α,β-unsaturated/α-hetero) is 1. The molecule has 2 heteroatoms. The minimum Gasteiger partial charge on any atom is -0.294 e. The number of carbonyl (C=O) groups is 1. The number of rotatable bonds is 2. The molecule has 0 saturated heterocycles. The Morgan fingerprint density at radius 3 is 2.35 bits per heavy atom. The molecule has 1 aliphatic carbocycles. The Labute approximate surface area is 127 Å². The molecule has 1 aliphatic rings. The number of alkyl halides is 1. The van der Waals surface area contributed by atoms with Crippen LogP contribution in [0.5, 0.6) is 0 Å². The van der Waals surface area contributed by atoms with Crippen molar-refractivity contribution in [1.82, 2.24) is 0 Å². The maximum absolute atomic E-state index is 12.5. The molecule has 0 aromatic heterocycles. The molecule has 0 N–H and O–H groups in total. The first kappa shape index (κ1) is 13.3. The number of hydrogen-bond acceptors (Lipinski definition) is 1. The lowest BCUT2D eigenvalue weighted by molar-refractivity contribution is 0.0993. The SMILES string of the molecule is O=C1Cc2ccccc2/C(=C\CCBr)c2ccccc21. The number of fused-ring (bicyclic) bond motifs is 2.